The summed E-state index contributed by atoms with van der Waals surface area (Å²) in [6, 6.07) is 9.36. The molecule has 1 aliphatic rings. The first-order valence-corrected chi connectivity index (χ1v) is 6.69. The number of piperidine rings is 1. The van der Waals surface area contributed by atoms with Gasteiger partial charge >= 0.3 is 0 Å². The molecule has 0 aromatic heterocycles. The lowest BCUT2D eigenvalue weighted by Gasteiger charge is -2.31. The van der Waals surface area contributed by atoms with Crippen LogP contribution in [0.15, 0.2) is 24.3 Å². The molecule has 1 fully saturated rings. The first kappa shape index (κ1) is 13.6. The van der Waals surface area contributed by atoms with Crippen molar-refractivity contribution in [2.24, 2.45) is 0 Å². The third kappa shape index (κ3) is 3.80. The van der Waals surface area contributed by atoms with Crippen LogP contribution in [-0.4, -0.2) is 30.4 Å². The Bertz CT molecular complexity index is 475. The summed E-state index contributed by atoms with van der Waals surface area (Å²) in [6.07, 6.45) is 4.07. The van der Waals surface area contributed by atoms with Gasteiger partial charge in [-0.05, 0) is 50.7 Å². The van der Waals surface area contributed by atoms with E-state index in [1.807, 2.05) is 0 Å². The van der Waals surface area contributed by atoms with Gasteiger partial charge in [-0.3, -0.25) is 4.79 Å². The highest BCUT2D eigenvalue weighted by molar-refractivity contribution is 5.91. The SMILES string of the molecule is CN1CCCCC1CC(=O)Nc1ccc(C#N)cc1. The van der Waals surface area contributed by atoms with Gasteiger partial charge < -0.3 is 10.2 Å². The highest BCUT2D eigenvalue weighted by Gasteiger charge is 2.21. The molecular weight excluding hydrogens is 238 g/mol. The van der Waals surface area contributed by atoms with Crippen LogP contribution < -0.4 is 5.32 Å². The molecule has 0 radical (unpaired) electrons. The van der Waals surface area contributed by atoms with Crippen molar-refractivity contribution >= 4 is 11.6 Å². The predicted octanol–water partition coefficient (Wildman–Crippen LogP) is 2.37. The van der Waals surface area contributed by atoms with E-state index in [2.05, 4.69) is 23.3 Å². The molecule has 0 bridgehead atoms. The zero-order valence-electron chi connectivity index (χ0n) is 11.2. The zero-order chi connectivity index (χ0) is 13.7. The van der Waals surface area contributed by atoms with Crippen LogP contribution >= 0.6 is 0 Å². The Balaban J connectivity index is 1.88. The number of benzene rings is 1. The number of rotatable bonds is 3. The fraction of sp³-hybridized carbons (Fsp3) is 0.467. The van der Waals surface area contributed by atoms with E-state index in [0.29, 0.717) is 18.0 Å². The largest absolute Gasteiger partial charge is 0.326 e. The average Bonchev–Trinajstić information content (AvgIpc) is 2.42. The fourth-order valence-corrected chi connectivity index (χ4v) is 2.46. The van der Waals surface area contributed by atoms with E-state index >= 15 is 0 Å². The maximum Gasteiger partial charge on any atom is 0.225 e. The van der Waals surface area contributed by atoms with Crippen LogP contribution in [0.1, 0.15) is 31.2 Å². The summed E-state index contributed by atoms with van der Waals surface area (Å²) in [5.74, 6) is 0.0449. The molecule has 2 rings (SSSR count). The van der Waals surface area contributed by atoms with Gasteiger partial charge in [0.1, 0.15) is 0 Å². The summed E-state index contributed by atoms with van der Waals surface area (Å²) < 4.78 is 0. The number of nitriles is 1. The Labute approximate surface area is 114 Å². The quantitative estimate of drug-likeness (QED) is 0.904. The van der Waals surface area contributed by atoms with E-state index in [1.165, 1.54) is 12.8 Å². The minimum atomic E-state index is 0.0449. The Hall–Kier alpha value is -1.86. The van der Waals surface area contributed by atoms with Crippen molar-refractivity contribution in [1.82, 2.24) is 4.90 Å². The van der Waals surface area contributed by atoms with Crippen molar-refractivity contribution in [2.45, 2.75) is 31.7 Å². The van der Waals surface area contributed by atoms with Crippen molar-refractivity contribution in [1.29, 1.82) is 5.26 Å². The first-order chi connectivity index (χ1) is 9.19. The van der Waals surface area contributed by atoms with Gasteiger partial charge in [-0.25, -0.2) is 0 Å². The Kier molecular flexibility index (Phi) is 4.53. The molecule has 4 nitrogen and oxygen atoms in total. The van der Waals surface area contributed by atoms with Crippen LogP contribution in [0.4, 0.5) is 5.69 Å². The van der Waals surface area contributed by atoms with Crippen LogP contribution in [0, 0.1) is 11.3 Å². The summed E-state index contributed by atoms with van der Waals surface area (Å²) in [4.78, 5) is 14.2. The lowest BCUT2D eigenvalue weighted by atomic mass is 10.00. The number of nitrogens with one attached hydrogen (secondary N) is 1. The molecule has 0 spiro atoms. The normalized spacial score (nSPS) is 19.7. The molecule has 0 saturated carbocycles. The minimum Gasteiger partial charge on any atom is -0.326 e. The Morgan fingerprint density at radius 1 is 1.42 bits per heavy atom. The molecule has 100 valence electrons. The summed E-state index contributed by atoms with van der Waals surface area (Å²) >= 11 is 0. The monoisotopic (exact) mass is 257 g/mol. The van der Waals surface area contributed by atoms with E-state index in [0.717, 1.165) is 18.7 Å². The van der Waals surface area contributed by atoms with Crippen molar-refractivity contribution in [3.8, 4) is 6.07 Å². The van der Waals surface area contributed by atoms with Gasteiger partial charge in [-0.15, -0.1) is 0 Å². The lowest BCUT2D eigenvalue weighted by molar-refractivity contribution is -0.117. The number of carbonyl (C=O) groups excluding carboxylic acids is 1. The fourth-order valence-electron chi connectivity index (χ4n) is 2.46. The summed E-state index contributed by atoms with van der Waals surface area (Å²) in [7, 11) is 2.08. The topological polar surface area (TPSA) is 56.1 Å². The highest BCUT2D eigenvalue weighted by Crippen LogP contribution is 2.18. The van der Waals surface area contributed by atoms with E-state index < -0.39 is 0 Å². The van der Waals surface area contributed by atoms with Gasteiger partial charge in [0.2, 0.25) is 5.91 Å². The summed E-state index contributed by atoms with van der Waals surface area (Å²) in [5, 5.41) is 11.6. The standard InChI is InChI=1S/C15H19N3O/c1-18-9-3-2-4-14(18)10-15(19)17-13-7-5-12(11-16)6-8-13/h5-8,14H,2-4,9-10H2,1H3,(H,17,19). The van der Waals surface area contributed by atoms with Gasteiger partial charge in [-0.2, -0.15) is 5.26 Å². The van der Waals surface area contributed by atoms with Gasteiger partial charge in [0.15, 0.2) is 0 Å². The van der Waals surface area contributed by atoms with E-state index in [9.17, 15) is 4.79 Å². The zero-order valence-corrected chi connectivity index (χ0v) is 11.2. The van der Waals surface area contributed by atoms with Crippen LogP contribution in [0.5, 0.6) is 0 Å². The van der Waals surface area contributed by atoms with Crippen LogP contribution in [0.25, 0.3) is 0 Å². The Morgan fingerprint density at radius 3 is 2.79 bits per heavy atom. The molecule has 1 N–H and O–H groups in total. The lowest BCUT2D eigenvalue weighted by Crippen LogP contribution is -2.38. The van der Waals surface area contributed by atoms with Gasteiger partial charge in [0.05, 0.1) is 11.6 Å². The number of amides is 1. The molecule has 0 aliphatic carbocycles. The van der Waals surface area contributed by atoms with Crippen LogP contribution in [0.2, 0.25) is 0 Å². The highest BCUT2D eigenvalue weighted by atomic mass is 16.1. The van der Waals surface area contributed by atoms with Crippen molar-refractivity contribution in [3.05, 3.63) is 29.8 Å². The predicted molar refractivity (Wildman–Crippen MR) is 74.7 cm³/mol. The molecule has 1 aliphatic heterocycles. The first-order valence-electron chi connectivity index (χ1n) is 6.69. The molecule has 1 amide bonds. The third-order valence-electron chi connectivity index (χ3n) is 3.64. The molecule has 1 atom stereocenters. The van der Waals surface area contributed by atoms with Gasteiger partial charge in [0.25, 0.3) is 0 Å². The van der Waals surface area contributed by atoms with Crippen LogP contribution in [-0.2, 0) is 4.79 Å². The maximum absolute atomic E-state index is 12.0. The molecule has 1 saturated heterocycles. The molecule has 4 heteroatoms. The van der Waals surface area contributed by atoms with E-state index in [4.69, 9.17) is 5.26 Å². The summed E-state index contributed by atoms with van der Waals surface area (Å²) in [6.45, 7) is 1.08. The number of hydrogen-bond donors (Lipinski definition) is 1. The van der Waals surface area contributed by atoms with E-state index in [-0.39, 0.29) is 5.91 Å². The molecular formula is C15H19N3O. The van der Waals surface area contributed by atoms with Gasteiger partial charge in [0, 0.05) is 18.2 Å². The van der Waals surface area contributed by atoms with Crippen molar-refractivity contribution < 1.29 is 4.79 Å². The number of anilines is 1. The third-order valence-corrected chi connectivity index (χ3v) is 3.64. The molecule has 1 heterocycles. The number of likely N-dealkylation sites (tertiary alicyclic amines) is 1. The molecule has 19 heavy (non-hydrogen) atoms. The maximum atomic E-state index is 12.0. The second-order valence-electron chi connectivity index (χ2n) is 5.07. The van der Waals surface area contributed by atoms with Crippen molar-refractivity contribution in [3.63, 3.8) is 0 Å². The molecule has 1 aromatic rings. The van der Waals surface area contributed by atoms with E-state index in [1.54, 1.807) is 24.3 Å². The Morgan fingerprint density at radius 2 is 2.16 bits per heavy atom. The molecule has 1 unspecified atom stereocenters. The number of nitrogens with zero attached hydrogens (tertiary/aromatic N) is 2. The van der Waals surface area contributed by atoms with Gasteiger partial charge in [-0.1, -0.05) is 6.42 Å². The minimum absolute atomic E-state index is 0.0449. The summed E-state index contributed by atoms with van der Waals surface area (Å²) in [5.41, 5.74) is 1.35. The number of carbonyl (C=O) groups is 1. The average molecular weight is 257 g/mol. The second kappa shape index (κ2) is 6.35. The number of hydrogen-bond acceptors (Lipinski definition) is 3. The van der Waals surface area contributed by atoms with Crippen LogP contribution in [0.3, 0.4) is 0 Å². The van der Waals surface area contributed by atoms with Crippen molar-refractivity contribution in [2.75, 3.05) is 18.9 Å². The smallest absolute Gasteiger partial charge is 0.225 e. The second-order valence-corrected chi connectivity index (χ2v) is 5.07. The molecule has 1 aromatic carbocycles.